The number of rotatable bonds is 11. The SMILES string of the molecule is CCCCN(CCC)CCCCC(=O)c1cccc2cc3ccccc3cc12. The highest BCUT2D eigenvalue weighted by Crippen LogP contribution is 2.26. The maximum atomic E-state index is 12.9. The Morgan fingerprint density at radius 2 is 1.46 bits per heavy atom. The third kappa shape index (κ3) is 5.20. The molecule has 0 saturated carbocycles. The molecule has 2 heteroatoms. The second kappa shape index (κ2) is 10.4. The smallest absolute Gasteiger partial charge is 0.163 e. The Balaban J connectivity index is 1.64. The molecule has 3 aromatic rings. The van der Waals surface area contributed by atoms with Crippen molar-refractivity contribution in [2.75, 3.05) is 19.6 Å². The van der Waals surface area contributed by atoms with Gasteiger partial charge in [-0.3, -0.25) is 4.79 Å². The molecule has 0 aliphatic heterocycles. The summed E-state index contributed by atoms with van der Waals surface area (Å²) in [6.45, 7) is 7.96. The van der Waals surface area contributed by atoms with Gasteiger partial charge in [-0.1, -0.05) is 62.7 Å². The van der Waals surface area contributed by atoms with Gasteiger partial charge in [0.25, 0.3) is 0 Å². The number of hydrogen-bond acceptors (Lipinski definition) is 2. The van der Waals surface area contributed by atoms with Crippen LogP contribution in [0.5, 0.6) is 0 Å². The molecule has 28 heavy (non-hydrogen) atoms. The molecule has 0 N–H and O–H groups in total. The van der Waals surface area contributed by atoms with Gasteiger partial charge in [0, 0.05) is 12.0 Å². The topological polar surface area (TPSA) is 20.3 Å². The van der Waals surface area contributed by atoms with Gasteiger partial charge < -0.3 is 4.90 Å². The predicted molar refractivity (Wildman–Crippen MR) is 121 cm³/mol. The molecule has 148 valence electrons. The number of hydrogen-bond donors (Lipinski definition) is 0. The molecule has 3 rings (SSSR count). The molecule has 0 heterocycles. The van der Waals surface area contributed by atoms with Crippen LogP contribution in [0.15, 0.2) is 54.6 Å². The van der Waals surface area contributed by atoms with Crippen LogP contribution in [0, 0.1) is 0 Å². The van der Waals surface area contributed by atoms with Crippen molar-refractivity contribution in [2.24, 2.45) is 0 Å². The first-order valence-electron chi connectivity index (χ1n) is 10.9. The lowest BCUT2D eigenvalue weighted by Crippen LogP contribution is -2.27. The lowest BCUT2D eigenvalue weighted by atomic mass is 9.96. The molecular weight excluding hydrogens is 342 g/mol. The van der Waals surface area contributed by atoms with Crippen molar-refractivity contribution in [1.82, 2.24) is 4.90 Å². The van der Waals surface area contributed by atoms with Gasteiger partial charge in [0.05, 0.1) is 0 Å². The van der Waals surface area contributed by atoms with E-state index in [2.05, 4.69) is 61.2 Å². The molecular formula is C26H33NO. The van der Waals surface area contributed by atoms with Crippen LogP contribution < -0.4 is 0 Å². The number of benzene rings is 3. The molecule has 0 unspecified atom stereocenters. The van der Waals surface area contributed by atoms with Crippen molar-refractivity contribution in [1.29, 1.82) is 0 Å². The Labute approximate surface area is 169 Å². The van der Waals surface area contributed by atoms with Gasteiger partial charge in [-0.05, 0) is 79.0 Å². The summed E-state index contributed by atoms with van der Waals surface area (Å²) in [4.78, 5) is 15.5. The normalized spacial score (nSPS) is 11.5. The summed E-state index contributed by atoms with van der Waals surface area (Å²) < 4.78 is 0. The van der Waals surface area contributed by atoms with Crippen molar-refractivity contribution < 1.29 is 4.79 Å². The number of carbonyl (C=O) groups excluding carboxylic acids is 1. The quantitative estimate of drug-likeness (QED) is 0.207. The first-order chi connectivity index (χ1) is 13.7. The monoisotopic (exact) mass is 375 g/mol. The van der Waals surface area contributed by atoms with Crippen LogP contribution in [0.4, 0.5) is 0 Å². The van der Waals surface area contributed by atoms with Crippen molar-refractivity contribution in [3.63, 3.8) is 0 Å². The Morgan fingerprint density at radius 3 is 2.21 bits per heavy atom. The second-order valence-electron chi connectivity index (χ2n) is 7.80. The van der Waals surface area contributed by atoms with Gasteiger partial charge in [0.2, 0.25) is 0 Å². The van der Waals surface area contributed by atoms with Crippen LogP contribution in [0.25, 0.3) is 21.5 Å². The number of ketones is 1. The molecule has 0 fully saturated rings. The van der Waals surface area contributed by atoms with E-state index in [1.807, 2.05) is 12.1 Å². The average molecular weight is 376 g/mol. The molecule has 2 nitrogen and oxygen atoms in total. The minimum atomic E-state index is 0.275. The van der Waals surface area contributed by atoms with Gasteiger partial charge in [-0.2, -0.15) is 0 Å². The third-order valence-corrected chi connectivity index (χ3v) is 5.54. The molecule has 0 atom stereocenters. The van der Waals surface area contributed by atoms with Gasteiger partial charge in [0.1, 0.15) is 0 Å². The molecule has 0 saturated heterocycles. The van der Waals surface area contributed by atoms with E-state index in [-0.39, 0.29) is 5.78 Å². The zero-order valence-corrected chi connectivity index (χ0v) is 17.4. The highest BCUT2D eigenvalue weighted by molar-refractivity contribution is 6.11. The average Bonchev–Trinajstić information content (AvgIpc) is 2.72. The summed E-state index contributed by atoms with van der Waals surface area (Å²) in [5, 5.41) is 4.66. The minimum Gasteiger partial charge on any atom is -0.303 e. The molecule has 0 bridgehead atoms. The van der Waals surface area contributed by atoms with Crippen molar-refractivity contribution in [2.45, 2.75) is 52.4 Å². The fourth-order valence-electron chi connectivity index (χ4n) is 4.00. The summed E-state index contributed by atoms with van der Waals surface area (Å²) in [6.07, 6.45) is 6.42. The van der Waals surface area contributed by atoms with Crippen LogP contribution >= 0.6 is 0 Å². The zero-order valence-electron chi connectivity index (χ0n) is 17.4. The lowest BCUT2D eigenvalue weighted by molar-refractivity contribution is 0.0979. The molecule has 0 radical (unpaired) electrons. The Morgan fingerprint density at radius 1 is 0.750 bits per heavy atom. The van der Waals surface area contributed by atoms with E-state index in [4.69, 9.17) is 0 Å². The maximum Gasteiger partial charge on any atom is 0.163 e. The third-order valence-electron chi connectivity index (χ3n) is 5.54. The Kier molecular flexibility index (Phi) is 7.62. The molecule has 0 aromatic heterocycles. The summed E-state index contributed by atoms with van der Waals surface area (Å²) in [5.74, 6) is 0.275. The van der Waals surface area contributed by atoms with Crippen LogP contribution in [0.2, 0.25) is 0 Å². The first kappa shape index (κ1) is 20.5. The van der Waals surface area contributed by atoms with E-state index < -0.39 is 0 Å². The maximum absolute atomic E-state index is 12.9. The van der Waals surface area contributed by atoms with E-state index in [0.717, 1.165) is 35.7 Å². The summed E-state index contributed by atoms with van der Waals surface area (Å²) in [6, 6.07) is 18.8. The molecule has 0 spiro atoms. The molecule has 0 aliphatic rings. The largest absolute Gasteiger partial charge is 0.303 e. The number of unbranched alkanes of at least 4 members (excludes halogenated alkanes) is 2. The van der Waals surface area contributed by atoms with Crippen molar-refractivity contribution in [3.8, 4) is 0 Å². The fraction of sp³-hybridized carbons (Fsp3) is 0.423. The number of carbonyl (C=O) groups is 1. The highest BCUT2D eigenvalue weighted by Gasteiger charge is 2.11. The lowest BCUT2D eigenvalue weighted by Gasteiger charge is -2.21. The van der Waals surface area contributed by atoms with Gasteiger partial charge in [0.15, 0.2) is 5.78 Å². The van der Waals surface area contributed by atoms with Crippen LogP contribution in [0.3, 0.4) is 0 Å². The summed E-state index contributed by atoms with van der Waals surface area (Å²) >= 11 is 0. The highest BCUT2D eigenvalue weighted by atomic mass is 16.1. The number of Topliss-reactive ketones (excluding diaryl/α,β-unsaturated/α-hetero) is 1. The molecule has 3 aromatic carbocycles. The Hall–Kier alpha value is -2.19. The van der Waals surface area contributed by atoms with Crippen molar-refractivity contribution in [3.05, 3.63) is 60.2 Å². The minimum absolute atomic E-state index is 0.275. The fourth-order valence-corrected chi connectivity index (χ4v) is 4.00. The number of nitrogens with zero attached hydrogens (tertiary/aromatic N) is 1. The molecule has 0 aliphatic carbocycles. The zero-order chi connectivity index (χ0) is 19.8. The van der Waals surface area contributed by atoms with Crippen LogP contribution in [-0.2, 0) is 0 Å². The standard InChI is InChI=1S/C26H33NO/c1-3-5-17-27(16-4-2)18-9-8-15-26(28)24-14-10-13-23-19-21-11-6-7-12-22(21)20-25(23)24/h6-7,10-14,19-20H,3-5,8-9,15-18H2,1-2H3. The van der Waals surface area contributed by atoms with E-state index >= 15 is 0 Å². The van der Waals surface area contributed by atoms with Gasteiger partial charge in [-0.15, -0.1) is 0 Å². The van der Waals surface area contributed by atoms with Crippen molar-refractivity contribution >= 4 is 27.3 Å². The van der Waals surface area contributed by atoms with Crippen LogP contribution in [0.1, 0.15) is 62.7 Å². The van der Waals surface area contributed by atoms with Gasteiger partial charge >= 0.3 is 0 Å². The van der Waals surface area contributed by atoms with Gasteiger partial charge in [-0.25, -0.2) is 0 Å². The van der Waals surface area contributed by atoms with E-state index in [1.165, 1.54) is 43.1 Å². The van der Waals surface area contributed by atoms with E-state index in [1.54, 1.807) is 0 Å². The van der Waals surface area contributed by atoms with Crippen LogP contribution in [-0.4, -0.2) is 30.3 Å². The van der Waals surface area contributed by atoms with E-state index in [0.29, 0.717) is 6.42 Å². The number of fused-ring (bicyclic) bond motifs is 2. The Bertz CT molecular complexity index is 915. The first-order valence-corrected chi connectivity index (χ1v) is 10.9. The summed E-state index contributed by atoms with van der Waals surface area (Å²) in [5.41, 5.74) is 0.875. The van der Waals surface area contributed by atoms with E-state index in [9.17, 15) is 4.79 Å². The summed E-state index contributed by atoms with van der Waals surface area (Å²) in [7, 11) is 0. The second-order valence-corrected chi connectivity index (χ2v) is 7.80. The predicted octanol–water partition coefficient (Wildman–Crippen LogP) is 6.86. The molecule has 0 amide bonds.